The van der Waals surface area contributed by atoms with Gasteiger partial charge < -0.3 is 4.74 Å². The summed E-state index contributed by atoms with van der Waals surface area (Å²) in [4.78, 5) is -0.671. The highest BCUT2D eigenvalue weighted by atomic mass is 35.5. The van der Waals surface area contributed by atoms with Gasteiger partial charge in [-0.1, -0.05) is 23.2 Å². The molecule has 0 aliphatic carbocycles. The number of hydrogen-bond acceptors (Lipinski definition) is 3. The molecule has 0 bridgehead atoms. The minimum absolute atomic E-state index is 0.127. The molecule has 0 heterocycles. The van der Waals surface area contributed by atoms with Crippen molar-refractivity contribution < 1.29 is 26.3 Å². The molecule has 0 spiro atoms. The molecule has 3 rings (SSSR count). The summed E-state index contributed by atoms with van der Waals surface area (Å²) in [5.74, 6) is 0.950. The van der Waals surface area contributed by atoms with Gasteiger partial charge in [0.15, 0.2) is 0 Å². The van der Waals surface area contributed by atoms with Gasteiger partial charge in [0, 0.05) is 10.7 Å². The van der Waals surface area contributed by atoms with Gasteiger partial charge in [-0.3, -0.25) is 4.72 Å². The summed E-state index contributed by atoms with van der Waals surface area (Å²) < 4.78 is 71.4. The van der Waals surface area contributed by atoms with Crippen molar-refractivity contribution in [3.63, 3.8) is 0 Å². The molecule has 0 saturated heterocycles. The average molecular weight is 462 g/mol. The fraction of sp³-hybridized carbons (Fsp3) is 0.0526. The Bertz CT molecular complexity index is 1120. The Balaban J connectivity index is 1.79. The van der Waals surface area contributed by atoms with Crippen LogP contribution >= 0.6 is 23.2 Å². The zero-order valence-corrected chi connectivity index (χ0v) is 16.7. The van der Waals surface area contributed by atoms with Crippen molar-refractivity contribution in [1.29, 1.82) is 0 Å². The van der Waals surface area contributed by atoms with Crippen LogP contribution in [0.4, 0.5) is 18.9 Å². The molecule has 3 aromatic rings. The molecule has 10 heteroatoms. The van der Waals surface area contributed by atoms with E-state index in [4.69, 9.17) is 27.9 Å². The number of benzene rings is 3. The number of halogens is 5. The molecular formula is C19H12Cl2F3NO3S. The predicted molar refractivity (Wildman–Crippen MR) is 105 cm³/mol. The first-order valence-electron chi connectivity index (χ1n) is 7.98. The van der Waals surface area contributed by atoms with Gasteiger partial charge in [0.05, 0.1) is 10.6 Å². The summed E-state index contributed by atoms with van der Waals surface area (Å²) >= 11 is 11.6. The molecule has 0 saturated carbocycles. The lowest BCUT2D eigenvalue weighted by molar-refractivity contribution is -0.137. The Hall–Kier alpha value is -2.42. The van der Waals surface area contributed by atoms with Crippen LogP contribution < -0.4 is 9.46 Å². The predicted octanol–water partition coefficient (Wildman–Crippen LogP) is 6.61. The average Bonchev–Trinajstić information content (AvgIpc) is 2.64. The van der Waals surface area contributed by atoms with Crippen LogP contribution in [0.15, 0.2) is 71.6 Å². The summed E-state index contributed by atoms with van der Waals surface area (Å²) in [5.41, 5.74) is -0.990. The monoisotopic (exact) mass is 461 g/mol. The minimum Gasteiger partial charge on any atom is -0.457 e. The lowest BCUT2D eigenvalue weighted by Crippen LogP contribution is -2.15. The van der Waals surface area contributed by atoms with E-state index in [1.165, 1.54) is 24.3 Å². The van der Waals surface area contributed by atoms with Crippen LogP contribution in [0.2, 0.25) is 10.0 Å². The number of rotatable bonds is 5. The lowest BCUT2D eigenvalue weighted by atomic mass is 10.2. The molecule has 0 atom stereocenters. The first kappa shape index (κ1) is 21.3. The van der Waals surface area contributed by atoms with Crippen LogP contribution in [0.5, 0.6) is 11.5 Å². The zero-order valence-electron chi connectivity index (χ0n) is 14.4. The van der Waals surface area contributed by atoms with E-state index in [0.717, 1.165) is 6.07 Å². The molecule has 0 amide bonds. The topological polar surface area (TPSA) is 55.4 Å². The third-order valence-electron chi connectivity index (χ3n) is 3.70. The molecule has 152 valence electrons. The Kier molecular flexibility index (Phi) is 5.97. The second kappa shape index (κ2) is 8.14. The summed E-state index contributed by atoms with van der Waals surface area (Å²) in [6.45, 7) is 0. The van der Waals surface area contributed by atoms with Crippen LogP contribution in [0.25, 0.3) is 0 Å². The van der Waals surface area contributed by atoms with Gasteiger partial charge in [-0.25, -0.2) is 8.42 Å². The summed E-state index contributed by atoms with van der Waals surface area (Å²) in [7, 11) is -4.34. The second-order valence-corrected chi connectivity index (χ2v) is 8.32. The fourth-order valence-corrected chi connectivity index (χ4v) is 4.04. The maximum atomic E-state index is 12.9. The molecule has 0 unspecified atom stereocenters. The van der Waals surface area contributed by atoms with Crippen LogP contribution in [0, 0.1) is 0 Å². The van der Waals surface area contributed by atoms with Crippen LogP contribution in [-0.2, 0) is 16.2 Å². The number of anilines is 1. The van der Waals surface area contributed by atoms with Crippen molar-refractivity contribution in [3.8, 4) is 11.5 Å². The highest BCUT2D eigenvalue weighted by molar-refractivity contribution is 7.92. The van der Waals surface area contributed by atoms with Crippen molar-refractivity contribution in [2.75, 3.05) is 4.72 Å². The minimum atomic E-state index is -4.70. The van der Waals surface area contributed by atoms with E-state index in [1.54, 1.807) is 24.3 Å². The number of nitrogens with one attached hydrogen (secondary N) is 1. The van der Waals surface area contributed by atoms with Gasteiger partial charge in [-0.05, 0) is 66.7 Å². The van der Waals surface area contributed by atoms with E-state index >= 15 is 0 Å². The lowest BCUT2D eigenvalue weighted by Gasteiger charge is -2.13. The van der Waals surface area contributed by atoms with Gasteiger partial charge in [-0.15, -0.1) is 0 Å². The van der Waals surface area contributed by atoms with Gasteiger partial charge in [-0.2, -0.15) is 13.2 Å². The molecule has 0 fully saturated rings. The van der Waals surface area contributed by atoms with E-state index in [-0.39, 0.29) is 10.7 Å². The zero-order chi connectivity index (χ0) is 21.2. The Morgan fingerprint density at radius 2 is 1.38 bits per heavy atom. The standard InChI is InChI=1S/C19H12Cl2F3NO3S/c20-13-2-6-15(7-3-13)28-16-8-4-14(5-9-16)25-29(26,27)18-11-12(19(22,23)24)1-10-17(18)21/h1-11,25H. The largest absolute Gasteiger partial charge is 0.457 e. The number of hydrogen-bond donors (Lipinski definition) is 1. The first-order valence-corrected chi connectivity index (χ1v) is 10.2. The third kappa shape index (κ3) is 5.35. The highest BCUT2D eigenvalue weighted by Crippen LogP contribution is 2.34. The van der Waals surface area contributed by atoms with Crippen LogP contribution in [-0.4, -0.2) is 8.42 Å². The van der Waals surface area contributed by atoms with Crippen LogP contribution in [0.3, 0.4) is 0 Å². The molecule has 0 aliphatic rings. The molecular weight excluding hydrogens is 450 g/mol. The van der Waals surface area contributed by atoms with Crippen molar-refractivity contribution in [3.05, 3.63) is 82.3 Å². The second-order valence-electron chi connectivity index (χ2n) is 5.83. The van der Waals surface area contributed by atoms with Gasteiger partial charge in [0.1, 0.15) is 16.4 Å². The number of ether oxygens (including phenoxy) is 1. The van der Waals surface area contributed by atoms with E-state index < -0.39 is 26.7 Å². The first-order chi connectivity index (χ1) is 13.5. The Labute approximate surface area is 174 Å². The van der Waals surface area contributed by atoms with E-state index in [9.17, 15) is 21.6 Å². The molecule has 0 radical (unpaired) electrons. The molecule has 0 aromatic heterocycles. The number of sulfonamides is 1. The summed E-state index contributed by atoms with van der Waals surface area (Å²) in [6, 6.07) is 14.5. The van der Waals surface area contributed by atoms with Gasteiger partial charge in [0.2, 0.25) is 0 Å². The fourth-order valence-electron chi connectivity index (χ4n) is 2.33. The van der Waals surface area contributed by atoms with E-state index in [1.807, 2.05) is 0 Å². The van der Waals surface area contributed by atoms with Crippen molar-refractivity contribution in [2.45, 2.75) is 11.1 Å². The SMILES string of the molecule is O=S(=O)(Nc1ccc(Oc2ccc(Cl)cc2)cc1)c1cc(C(F)(F)F)ccc1Cl. The number of alkyl halides is 3. The maximum absolute atomic E-state index is 12.9. The van der Waals surface area contributed by atoms with Gasteiger partial charge >= 0.3 is 6.18 Å². The normalized spacial score (nSPS) is 11.9. The van der Waals surface area contributed by atoms with Crippen molar-refractivity contribution in [2.24, 2.45) is 0 Å². The third-order valence-corrected chi connectivity index (χ3v) is 5.82. The highest BCUT2D eigenvalue weighted by Gasteiger charge is 2.32. The van der Waals surface area contributed by atoms with Gasteiger partial charge in [0.25, 0.3) is 10.0 Å². The summed E-state index contributed by atoms with van der Waals surface area (Å²) in [6.07, 6.45) is -4.70. The van der Waals surface area contributed by atoms with Crippen molar-refractivity contribution in [1.82, 2.24) is 0 Å². The quantitative estimate of drug-likeness (QED) is 0.465. The smallest absolute Gasteiger partial charge is 0.416 e. The Morgan fingerprint density at radius 1 is 0.828 bits per heavy atom. The molecule has 29 heavy (non-hydrogen) atoms. The van der Waals surface area contributed by atoms with Crippen molar-refractivity contribution >= 4 is 38.9 Å². The van der Waals surface area contributed by atoms with Crippen LogP contribution in [0.1, 0.15) is 5.56 Å². The maximum Gasteiger partial charge on any atom is 0.416 e. The Morgan fingerprint density at radius 3 is 1.93 bits per heavy atom. The van der Waals surface area contributed by atoms with E-state index in [2.05, 4.69) is 4.72 Å². The molecule has 0 aliphatic heterocycles. The van der Waals surface area contributed by atoms with E-state index in [0.29, 0.717) is 28.7 Å². The molecule has 3 aromatic carbocycles. The summed E-state index contributed by atoms with van der Waals surface area (Å²) in [5, 5.41) is 0.226. The molecule has 1 N–H and O–H groups in total. The molecule has 4 nitrogen and oxygen atoms in total.